The quantitative estimate of drug-likeness (QED) is 0.878. The van der Waals surface area contributed by atoms with Gasteiger partial charge in [-0.2, -0.15) is 0 Å². The average Bonchev–Trinajstić information content (AvgIpc) is 2.26. The number of benzene rings is 1. The third-order valence-electron chi connectivity index (χ3n) is 2.45. The third kappa shape index (κ3) is 5.64. The van der Waals surface area contributed by atoms with E-state index < -0.39 is 0 Å². The number of amides is 2. The molecular weight excluding hydrogens is 240 g/mol. The predicted octanol–water partition coefficient (Wildman–Crippen LogP) is 2.99. The van der Waals surface area contributed by atoms with E-state index in [1.165, 1.54) is 0 Å². The summed E-state index contributed by atoms with van der Waals surface area (Å²) >= 11 is 0. The van der Waals surface area contributed by atoms with Crippen molar-refractivity contribution in [3.05, 3.63) is 29.3 Å². The van der Waals surface area contributed by atoms with Crippen LogP contribution in [0.5, 0.6) is 5.75 Å². The van der Waals surface area contributed by atoms with Gasteiger partial charge in [-0.1, -0.05) is 12.1 Å². The highest BCUT2D eigenvalue weighted by atomic mass is 16.5. The second-order valence-electron chi connectivity index (χ2n) is 5.60. The molecule has 0 unspecified atom stereocenters. The lowest BCUT2D eigenvalue weighted by Gasteiger charge is -2.21. The first-order valence-corrected chi connectivity index (χ1v) is 6.60. The van der Waals surface area contributed by atoms with Crippen molar-refractivity contribution in [3.63, 3.8) is 0 Å². The SMILES string of the molecule is CCOc1cc(C)ccc1CNC(=O)NC(C)(C)C. The van der Waals surface area contributed by atoms with Gasteiger partial charge in [0.2, 0.25) is 0 Å². The Labute approximate surface area is 115 Å². The summed E-state index contributed by atoms with van der Waals surface area (Å²) in [5, 5.41) is 5.71. The van der Waals surface area contributed by atoms with E-state index in [0.717, 1.165) is 16.9 Å². The van der Waals surface area contributed by atoms with Crippen LogP contribution in [0, 0.1) is 6.92 Å². The monoisotopic (exact) mass is 264 g/mol. The smallest absolute Gasteiger partial charge is 0.315 e. The molecule has 19 heavy (non-hydrogen) atoms. The minimum absolute atomic E-state index is 0.171. The first-order chi connectivity index (χ1) is 8.81. The van der Waals surface area contributed by atoms with Crippen molar-refractivity contribution in [2.24, 2.45) is 0 Å². The number of rotatable bonds is 4. The largest absolute Gasteiger partial charge is 0.494 e. The Bertz CT molecular complexity index is 436. The molecule has 1 aromatic rings. The van der Waals surface area contributed by atoms with Gasteiger partial charge in [0.25, 0.3) is 0 Å². The van der Waals surface area contributed by atoms with E-state index in [2.05, 4.69) is 10.6 Å². The predicted molar refractivity (Wildman–Crippen MR) is 77.5 cm³/mol. The van der Waals surface area contributed by atoms with Gasteiger partial charge in [-0.05, 0) is 46.2 Å². The highest BCUT2D eigenvalue weighted by Crippen LogP contribution is 2.20. The molecule has 0 bridgehead atoms. The van der Waals surface area contributed by atoms with Gasteiger partial charge in [0.05, 0.1) is 6.61 Å². The van der Waals surface area contributed by atoms with E-state index in [1.54, 1.807) is 0 Å². The van der Waals surface area contributed by atoms with Crippen molar-refractivity contribution in [1.82, 2.24) is 10.6 Å². The van der Waals surface area contributed by atoms with Crippen LogP contribution in [0.2, 0.25) is 0 Å². The van der Waals surface area contributed by atoms with E-state index in [-0.39, 0.29) is 11.6 Å². The molecule has 4 nitrogen and oxygen atoms in total. The van der Waals surface area contributed by atoms with Crippen molar-refractivity contribution in [3.8, 4) is 5.75 Å². The first-order valence-electron chi connectivity index (χ1n) is 6.60. The molecule has 0 radical (unpaired) electrons. The summed E-state index contributed by atoms with van der Waals surface area (Å²) in [5.41, 5.74) is 1.89. The molecule has 1 aromatic carbocycles. The van der Waals surface area contributed by atoms with Gasteiger partial charge < -0.3 is 15.4 Å². The molecule has 0 fully saturated rings. The van der Waals surface area contributed by atoms with Gasteiger partial charge in [0, 0.05) is 17.6 Å². The molecule has 106 valence electrons. The molecule has 0 aromatic heterocycles. The molecule has 4 heteroatoms. The second kappa shape index (κ2) is 6.45. The summed E-state index contributed by atoms with van der Waals surface area (Å²) in [6.45, 7) is 10.9. The van der Waals surface area contributed by atoms with Crippen LogP contribution in [0.25, 0.3) is 0 Å². The molecule has 0 saturated heterocycles. The maximum absolute atomic E-state index is 11.7. The van der Waals surface area contributed by atoms with Crippen LogP contribution in [0.1, 0.15) is 38.8 Å². The molecule has 0 aliphatic carbocycles. The fourth-order valence-electron chi connectivity index (χ4n) is 1.66. The Morgan fingerprint density at radius 2 is 2.00 bits per heavy atom. The number of carbonyl (C=O) groups is 1. The molecule has 0 atom stereocenters. The standard InChI is InChI=1S/C15H24N2O2/c1-6-19-13-9-11(2)7-8-12(13)10-16-14(18)17-15(3,4)5/h7-9H,6,10H2,1-5H3,(H2,16,17,18). The molecule has 2 N–H and O–H groups in total. The first kappa shape index (κ1) is 15.3. The molecule has 0 spiro atoms. The van der Waals surface area contributed by atoms with Crippen molar-refractivity contribution >= 4 is 6.03 Å². The Morgan fingerprint density at radius 1 is 1.32 bits per heavy atom. The van der Waals surface area contributed by atoms with E-state index in [4.69, 9.17) is 4.74 Å². The second-order valence-corrected chi connectivity index (χ2v) is 5.60. The molecule has 0 heterocycles. The van der Waals surface area contributed by atoms with Crippen molar-refractivity contribution in [2.75, 3.05) is 6.61 Å². The van der Waals surface area contributed by atoms with Crippen LogP contribution in [-0.4, -0.2) is 18.2 Å². The van der Waals surface area contributed by atoms with E-state index in [9.17, 15) is 4.79 Å². The fraction of sp³-hybridized carbons (Fsp3) is 0.533. The van der Waals surface area contributed by atoms with Gasteiger partial charge in [-0.25, -0.2) is 4.79 Å². The van der Waals surface area contributed by atoms with Crippen LogP contribution in [0.3, 0.4) is 0 Å². The highest BCUT2D eigenvalue weighted by molar-refractivity contribution is 5.74. The minimum atomic E-state index is -0.236. The Kier molecular flexibility index (Phi) is 5.21. The number of hydrogen-bond donors (Lipinski definition) is 2. The van der Waals surface area contributed by atoms with Crippen LogP contribution in [0.15, 0.2) is 18.2 Å². The lowest BCUT2D eigenvalue weighted by Crippen LogP contribution is -2.46. The molecule has 1 rings (SSSR count). The summed E-state index contributed by atoms with van der Waals surface area (Å²) < 4.78 is 5.58. The number of ether oxygens (including phenoxy) is 1. The molecule has 0 aliphatic rings. The summed E-state index contributed by atoms with van der Waals surface area (Å²) in [6, 6.07) is 5.82. The zero-order valence-corrected chi connectivity index (χ0v) is 12.5. The van der Waals surface area contributed by atoms with Crippen LogP contribution < -0.4 is 15.4 Å². The molecular formula is C15H24N2O2. The molecule has 2 amide bonds. The topological polar surface area (TPSA) is 50.4 Å². The Morgan fingerprint density at radius 3 is 2.58 bits per heavy atom. The zero-order valence-electron chi connectivity index (χ0n) is 12.5. The molecule has 0 aliphatic heterocycles. The van der Waals surface area contributed by atoms with Gasteiger partial charge in [-0.3, -0.25) is 0 Å². The maximum atomic E-state index is 11.7. The summed E-state index contributed by atoms with van der Waals surface area (Å²) in [5.74, 6) is 0.832. The van der Waals surface area contributed by atoms with Crippen LogP contribution >= 0.6 is 0 Å². The number of hydrogen-bond acceptors (Lipinski definition) is 2. The summed E-state index contributed by atoms with van der Waals surface area (Å²) in [7, 11) is 0. The average molecular weight is 264 g/mol. The summed E-state index contributed by atoms with van der Waals surface area (Å²) in [4.78, 5) is 11.7. The fourth-order valence-corrected chi connectivity index (χ4v) is 1.66. The number of carbonyl (C=O) groups excluding carboxylic acids is 1. The Balaban J connectivity index is 2.64. The van der Waals surface area contributed by atoms with E-state index in [1.807, 2.05) is 52.8 Å². The van der Waals surface area contributed by atoms with E-state index in [0.29, 0.717) is 13.2 Å². The number of nitrogens with one attached hydrogen (secondary N) is 2. The van der Waals surface area contributed by atoms with Crippen molar-refractivity contribution in [2.45, 2.75) is 46.7 Å². The normalized spacial score (nSPS) is 11.0. The Hall–Kier alpha value is -1.71. The van der Waals surface area contributed by atoms with Crippen molar-refractivity contribution < 1.29 is 9.53 Å². The minimum Gasteiger partial charge on any atom is -0.494 e. The van der Waals surface area contributed by atoms with E-state index >= 15 is 0 Å². The third-order valence-corrected chi connectivity index (χ3v) is 2.45. The van der Waals surface area contributed by atoms with Gasteiger partial charge >= 0.3 is 6.03 Å². The van der Waals surface area contributed by atoms with Gasteiger partial charge in [-0.15, -0.1) is 0 Å². The summed E-state index contributed by atoms with van der Waals surface area (Å²) in [6.07, 6.45) is 0. The van der Waals surface area contributed by atoms with Crippen LogP contribution in [-0.2, 0) is 6.54 Å². The molecule has 0 saturated carbocycles. The number of aryl methyl sites for hydroxylation is 1. The maximum Gasteiger partial charge on any atom is 0.315 e. The highest BCUT2D eigenvalue weighted by Gasteiger charge is 2.13. The van der Waals surface area contributed by atoms with Crippen LogP contribution in [0.4, 0.5) is 4.79 Å². The lowest BCUT2D eigenvalue weighted by molar-refractivity contribution is 0.231. The van der Waals surface area contributed by atoms with Gasteiger partial charge in [0.1, 0.15) is 5.75 Å². The van der Waals surface area contributed by atoms with Gasteiger partial charge in [0.15, 0.2) is 0 Å². The lowest BCUT2D eigenvalue weighted by atomic mass is 10.1. The zero-order chi connectivity index (χ0) is 14.5. The number of urea groups is 1. The van der Waals surface area contributed by atoms with Crippen molar-refractivity contribution in [1.29, 1.82) is 0 Å².